The Morgan fingerprint density at radius 2 is 2.29 bits per heavy atom. The second-order valence-electron chi connectivity index (χ2n) is 8.37. The molecule has 7 nitrogen and oxygen atoms in total. The molecule has 0 saturated carbocycles. The molecule has 1 aliphatic carbocycles. The summed E-state index contributed by atoms with van der Waals surface area (Å²) in [6.45, 7) is 4.53. The molecule has 4 heterocycles. The number of hydrogen-bond donors (Lipinski definition) is 1. The third-order valence-electron chi connectivity index (χ3n) is 6.12. The van der Waals surface area contributed by atoms with Crippen LogP contribution in [0.1, 0.15) is 52.1 Å². The number of ether oxygens (including phenoxy) is 2. The fourth-order valence-electron chi connectivity index (χ4n) is 4.69. The van der Waals surface area contributed by atoms with Gasteiger partial charge in [0.1, 0.15) is 5.60 Å². The first-order chi connectivity index (χ1) is 13.6. The SMILES string of the molecule is Cc1cncc(CO[C@@H]2CCOC3(C2)CN(C(=O)c2n[nH]c4c2CCC4)C3)c1. The van der Waals surface area contributed by atoms with Crippen LogP contribution in [0.25, 0.3) is 0 Å². The van der Waals surface area contributed by atoms with E-state index in [4.69, 9.17) is 9.47 Å². The van der Waals surface area contributed by atoms with Crippen molar-refractivity contribution in [3.8, 4) is 0 Å². The molecule has 2 saturated heterocycles. The number of aromatic amines is 1. The molecule has 0 bridgehead atoms. The number of carbonyl (C=O) groups is 1. The van der Waals surface area contributed by atoms with Crippen LogP contribution in [-0.4, -0.2) is 57.4 Å². The number of nitrogens with zero attached hydrogens (tertiary/aromatic N) is 3. The van der Waals surface area contributed by atoms with Crippen LogP contribution in [0.15, 0.2) is 18.5 Å². The van der Waals surface area contributed by atoms with Crippen LogP contribution >= 0.6 is 0 Å². The number of aromatic nitrogens is 3. The molecule has 1 spiro atoms. The lowest BCUT2D eigenvalue weighted by molar-refractivity contribution is -0.188. The zero-order valence-electron chi connectivity index (χ0n) is 16.2. The summed E-state index contributed by atoms with van der Waals surface area (Å²) in [5.41, 5.74) is 4.83. The molecule has 1 N–H and O–H groups in total. The van der Waals surface area contributed by atoms with Gasteiger partial charge in [0.15, 0.2) is 5.69 Å². The first-order valence-electron chi connectivity index (χ1n) is 10.1. The lowest BCUT2D eigenvalue weighted by Crippen LogP contribution is -2.67. The maximum Gasteiger partial charge on any atom is 0.274 e. The Hall–Kier alpha value is -2.25. The number of pyridine rings is 1. The number of fused-ring (bicyclic) bond motifs is 1. The van der Waals surface area contributed by atoms with Gasteiger partial charge in [0.05, 0.1) is 25.8 Å². The van der Waals surface area contributed by atoms with E-state index in [2.05, 4.69) is 21.2 Å². The maximum absolute atomic E-state index is 12.8. The normalized spacial score (nSPS) is 22.9. The van der Waals surface area contributed by atoms with Crippen LogP contribution in [0.4, 0.5) is 0 Å². The highest BCUT2D eigenvalue weighted by Crippen LogP contribution is 2.37. The molecule has 2 aromatic rings. The fraction of sp³-hybridized carbons (Fsp3) is 0.571. The monoisotopic (exact) mass is 382 g/mol. The standard InChI is InChI=1S/C21H26N4O3/c1-14-7-15(10-22-9-14)11-27-16-5-6-28-21(8-16)12-25(13-21)20(26)19-17-3-2-4-18(17)23-24-19/h7,9-10,16H,2-6,8,11-13H2,1H3,(H,23,24)/t16-/m1/s1. The van der Waals surface area contributed by atoms with Crippen LogP contribution in [-0.2, 0) is 28.9 Å². The van der Waals surface area contributed by atoms with Crippen molar-refractivity contribution in [1.82, 2.24) is 20.1 Å². The number of aryl methyl sites for hydroxylation is 2. The van der Waals surface area contributed by atoms with Crippen LogP contribution in [0.3, 0.4) is 0 Å². The molecule has 3 aliphatic rings. The quantitative estimate of drug-likeness (QED) is 0.877. The average Bonchev–Trinajstić information content (AvgIpc) is 3.28. The number of likely N-dealkylation sites (tertiary alicyclic amines) is 1. The average molecular weight is 382 g/mol. The van der Waals surface area contributed by atoms with Gasteiger partial charge in [0, 0.05) is 36.7 Å². The van der Waals surface area contributed by atoms with E-state index in [0.29, 0.717) is 32.0 Å². The van der Waals surface area contributed by atoms with Gasteiger partial charge in [-0.05, 0) is 43.7 Å². The smallest absolute Gasteiger partial charge is 0.274 e. The van der Waals surface area contributed by atoms with E-state index in [1.54, 1.807) is 0 Å². The van der Waals surface area contributed by atoms with Gasteiger partial charge in [0.25, 0.3) is 5.91 Å². The van der Waals surface area contributed by atoms with Gasteiger partial charge in [-0.15, -0.1) is 0 Å². The molecule has 0 unspecified atom stereocenters. The molecule has 1 atom stereocenters. The minimum atomic E-state index is -0.261. The summed E-state index contributed by atoms with van der Waals surface area (Å²) in [5.74, 6) is 0.0301. The Bertz CT molecular complexity index is 888. The Balaban J connectivity index is 1.17. The van der Waals surface area contributed by atoms with Crippen LogP contribution in [0.2, 0.25) is 0 Å². The minimum absolute atomic E-state index is 0.0301. The molecule has 148 valence electrons. The van der Waals surface area contributed by atoms with Gasteiger partial charge in [-0.3, -0.25) is 14.9 Å². The zero-order chi connectivity index (χ0) is 19.1. The van der Waals surface area contributed by atoms with E-state index < -0.39 is 0 Å². The number of H-pyrrole nitrogens is 1. The lowest BCUT2D eigenvalue weighted by atomic mass is 9.84. The third kappa shape index (κ3) is 3.22. The van der Waals surface area contributed by atoms with Crippen molar-refractivity contribution >= 4 is 5.91 Å². The van der Waals surface area contributed by atoms with Gasteiger partial charge >= 0.3 is 0 Å². The molecule has 5 rings (SSSR count). The molecule has 2 aromatic heterocycles. The predicted octanol–water partition coefficient (Wildman–Crippen LogP) is 2.19. The van der Waals surface area contributed by atoms with Gasteiger partial charge in [-0.25, -0.2) is 0 Å². The van der Waals surface area contributed by atoms with Crippen LogP contribution in [0.5, 0.6) is 0 Å². The van der Waals surface area contributed by atoms with E-state index in [-0.39, 0.29) is 17.6 Å². The highest BCUT2D eigenvalue weighted by molar-refractivity contribution is 5.95. The molecule has 2 fully saturated rings. The Morgan fingerprint density at radius 3 is 3.14 bits per heavy atom. The summed E-state index contributed by atoms with van der Waals surface area (Å²) in [7, 11) is 0. The second-order valence-corrected chi connectivity index (χ2v) is 8.37. The number of carbonyl (C=O) groups excluding carboxylic acids is 1. The summed E-state index contributed by atoms with van der Waals surface area (Å²) in [5, 5.41) is 7.30. The summed E-state index contributed by atoms with van der Waals surface area (Å²) in [6.07, 6.45) is 8.63. The van der Waals surface area contributed by atoms with E-state index in [1.807, 2.05) is 24.2 Å². The first kappa shape index (κ1) is 17.8. The number of hydrogen-bond acceptors (Lipinski definition) is 5. The zero-order valence-corrected chi connectivity index (χ0v) is 16.2. The molecule has 0 radical (unpaired) electrons. The highest BCUT2D eigenvalue weighted by atomic mass is 16.5. The highest BCUT2D eigenvalue weighted by Gasteiger charge is 2.50. The summed E-state index contributed by atoms with van der Waals surface area (Å²) in [6, 6.07) is 2.11. The second kappa shape index (κ2) is 6.97. The molecule has 7 heteroatoms. The third-order valence-corrected chi connectivity index (χ3v) is 6.12. The molecular weight excluding hydrogens is 356 g/mol. The van der Waals surface area contributed by atoms with Crippen molar-refractivity contribution in [2.75, 3.05) is 19.7 Å². The molecular formula is C21H26N4O3. The minimum Gasteiger partial charge on any atom is -0.373 e. The topological polar surface area (TPSA) is 80.3 Å². The summed E-state index contributed by atoms with van der Waals surface area (Å²) in [4.78, 5) is 18.9. The van der Waals surface area contributed by atoms with Crippen molar-refractivity contribution in [3.05, 3.63) is 46.5 Å². The number of amides is 1. The number of nitrogens with one attached hydrogen (secondary N) is 1. The van der Waals surface area contributed by atoms with Crippen LogP contribution in [0, 0.1) is 6.92 Å². The molecule has 0 aromatic carbocycles. The lowest BCUT2D eigenvalue weighted by Gasteiger charge is -2.52. The summed E-state index contributed by atoms with van der Waals surface area (Å²) >= 11 is 0. The van der Waals surface area contributed by atoms with E-state index in [9.17, 15) is 4.79 Å². The van der Waals surface area contributed by atoms with E-state index in [0.717, 1.165) is 54.5 Å². The van der Waals surface area contributed by atoms with Crippen molar-refractivity contribution < 1.29 is 14.3 Å². The maximum atomic E-state index is 12.8. The summed E-state index contributed by atoms with van der Waals surface area (Å²) < 4.78 is 12.2. The van der Waals surface area contributed by atoms with Crippen LogP contribution < -0.4 is 0 Å². The van der Waals surface area contributed by atoms with Gasteiger partial charge in [-0.1, -0.05) is 6.07 Å². The molecule has 1 amide bonds. The fourth-order valence-corrected chi connectivity index (χ4v) is 4.69. The Labute approximate surface area is 164 Å². The van der Waals surface area contributed by atoms with Crippen molar-refractivity contribution in [2.45, 2.75) is 57.3 Å². The Kier molecular flexibility index (Phi) is 4.44. The molecule has 2 aliphatic heterocycles. The molecule has 28 heavy (non-hydrogen) atoms. The van der Waals surface area contributed by atoms with E-state index in [1.165, 1.54) is 0 Å². The van der Waals surface area contributed by atoms with Crippen molar-refractivity contribution in [1.29, 1.82) is 0 Å². The van der Waals surface area contributed by atoms with Gasteiger partial charge in [-0.2, -0.15) is 5.10 Å². The Morgan fingerprint density at radius 1 is 1.39 bits per heavy atom. The largest absolute Gasteiger partial charge is 0.373 e. The van der Waals surface area contributed by atoms with Gasteiger partial charge < -0.3 is 14.4 Å². The first-order valence-corrected chi connectivity index (χ1v) is 10.1. The van der Waals surface area contributed by atoms with E-state index >= 15 is 0 Å². The van der Waals surface area contributed by atoms with Crippen molar-refractivity contribution in [2.24, 2.45) is 0 Å². The number of rotatable bonds is 4. The van der Waals surface area contributed by atoms with Crippen molar-refractivity contribution in [3.63, 3.8) is 0 Å². The predicted molar refractivity (Wildman–Crippen MR) is 102 cm³/mol. The van der Waals surface area contributed by atoms with Gasteiger partial charge in [0.2, 0.25) is 0 Å².